The summed E-state index contributed by atoms with van der Waals surface area (Å²) in [6.45, 7) is -0.0605. The number of halogens is 3. The highest BCUT2D eigenvalue weighted by Gasteiger charge is 2.34. The van der Waals surface area contributed by atoms with Gasteiger partial charge in [-0.2, -0.15) is 13.2 Å². The first-order valence-corrected chi connectivity index (χ1v) is 6.27. The monoisotopic (exact) mass is 312 g/mol. The summed E-state index contributed by atoms with van der Waals surface area (Å²) in [5.41, 5.74) is -0.271. The molecular weight excluding hydrogens is 300 g/mol. The van der Waals surface area contributed by atoms with Crippen molar-refractivity contribution in [2.45, 2.75) is 12.8 Å². The van der Waals surface area contributed by atoms with Crippen LogP contribution in [0.5, 0.6) is 11.5 Å². The lowest BCUT2D eigenvalue weighted by atomic mass is 10.1. The van der Waals surface area contributed by atoms with Gasteiger partial charge in [-0.25, -0.2) is 0 Å². The van der Waals surface area contributed by atoms with E-state index in [1.54, 1.807) is 30.3 Å². The minimum Gasteiger partial charge on any atom is -0.512 e. The van der Waals surface area contributed by atoms with Crippen LogP contribution in [0.25, 0.3) is 0 Å². The standard InChI is InChI=1S/C14H12BF3O4/c16-14(17,18)12-7-6-11(22-15(19)20)8-13(12)21-9-10-4-2-1-3-5-10/h1-8,19-20H,9H2. The number of rotatable bonds is 5. The maximum Gasteiger partial charge on any atom is 0.707 e. The molecule has 4 nitrogen and oxygen atoms in total. The molecule has 8 heteroatoms. The minimum absolute atomic E-state index is 0.0605. The summed E-state index contributed by atoms with van der Waals surface area (Å²) in [5.74, 6) is -0.597. The van der Waals surface area contributed by atoms with Gasteiger partial charge < -0.3 is 19.4 Å². The van der Waals surface area contributed by atoms with Gasteiger partial charge in [0.15, 0.2) is 0 Å². The largest absolute Gasteiger partial charge is 0.707 e. The van der Waals surface area contributed by atoms with Gasteiger partial charge in [0.1, 0.15) is 18.1 Å². The van der Waals surface area contributed by atoms with E-state index in [-0.39, 0.29) is 12.4 Å². The van der Waals surface area contributed by atoms with E-state index in [9.17, 15) is 13.2 Å². The number of benzene rings is 2. The van der Waals surface area contributed by atoms with Gasteiger partial charge in [-0.1, -0.05) is 30.3 Å². The van der Waals surface area contributed by atoms with Crippen molar-refractivity contribution in [3.8, 4) is 11.5 Å². The Hall–Kier alpha value is -2.19. The van der Waals surface area contributed by atoms with Crippen molar-refractivity contribution < 1.29 is 32.6 Å². The first-order valence-electron chi connectivity index (χ1n) is 6.27. The second-order valence-electron chi connectivity index (χ2n) is 4.37. The second-order valence-corrected chi connectivity index (χ2v) is 4.37. The van der Waals surface area contributed by atoms with E-state index >= 15 is 0 Å². The van der Waals surface area contributed by atoms with E-state index in [0.717, 1.165) is 18.2 Å². The lowest BCUT2D eigenvalue weighted by Gasteiger charge is -2.15. The summed E-state index contributed by atoms with van der Waals surface area (Å²) in [5, 5.41) is 17.4. The molecule has 0 spiro atoms. The van der Waals surface area contributed by atoms with Crippen LogP contribution in [0.3, 0.4) is 0 Å². The average Bonchev–Trinajstić information content (AvgIpc) is 2.44. The van der Waals surface area contributed by atoms with Crippen LogP contribution in [0.2, 0.25) is 0 Å². The van der Waals surface area contributed by atoms with Crippen LogP contribution in [-0.2, 0) is 12.8 Å². The van der Waals surface area contributed by atoms with Crippen molar-refractivity contribution in [2.75, 3.05) is 0 Å². The van der Waals surface area contributed by atoms with Gasteiger partial charge >= 0.3 is 13.5 Å². The number of hydrogen-bond acceptors (Lipinski definition) is 4. The molecule has 2 rings (SSSR count). The van der Waals surface area contributed by atoms with Crippen molar-refractivity contribution in [3.63, 3.8) is 0 Å². The normalized spacial score (nSPS) is 11.1. The predicted molar refractivity (Wildman–Crippen MR) is 73.0 cm³/mol. The molecule has 0 aliphatic heterocycles. The molecule has 0 radical (unpaired) electrons. The number of ether oxygens (including phenoxy) is 1. The molecule has 0 unspecified atom stereocenters. The van der Waals surface area contributed by atoms with Crippen molar-refractivity contribution in [1.29, 1.82) is 0 Å². The maximum atomic E-state index is 12.9. The van der Waals surface area contributed by atoms with Gasteiger partial charge in [0.05, 0.1) is 5.56 Å². The first-order chi connectivity index (χ1) is 10.4. The number of hydrogen-bond donors (Lipinski definition) is 2. The summed E-state index contributed by atoms with van der Waals surface area (Å²) in [4.78, 5) is 0. The van der Waals surface area contributed by atoms with Crippen molar-refractivity contribution >= 4 is 7.32 Å². The van der Waals surface area contributed by atoms with Crippen LogP contribution in [0.1, 0.15) is 11.1 Å². The molecule has 2 aromatic carbocycles. The molecule has 0 fully saturated rings. The van der Waals surface area contributed by atoms with Crippen molar-refractivity contribution in [2.24, 2.45) is 0 Å². The molecular formula is C14H12BF3O4. The Balaban J connectivity index is 2.25. The summed E-state index contributed by atoms with van der Waals surface area (Å²) in [7, 11) is -2.13. The van der Waals surface area contributed by atoms with E-state index in [0.29, 0.717) is 5.56 Å². The van der Waals surface area contributed by atoms with E-state index in [4.69, 9.17) is 14.8 Å². The molecule has 0 saturated carbocycles. The Kier molecular flexibility index (Phi) is 4.94. The highest BCUT2D eigenvalue weighted by atomic mass is 19.4. The van der Waals surface area contributed by atoms with E-state index in [1.165, 1.54) is 0 Å². The topological polar surface area (TPSA) is 58.9 Å². The van der Waals surface area contributed by atoms with E-state index in [2.05, 4.69) is 4.65 Å². The van der Waals surface area contributed by atoms with Gasteiger partial charge in [0, 0.05) is 6.07 Å². The van der Waals surface area contributed by atoms with Crippen LogP contribution in [0.15, 0.2) is 48.5 Å². The van der Waals surface area contributed by atoms with Crippen LogP contribution >= 0.6 is 0 Å². The molecule has 2 aromatic rings. The lowest BCUT2D eigenvalue weighted by molar-refractivity contribution is -0.139. The van der Waals surface area contributed by atoms with E-state index in [1.807, 2.05) is 0 Å². The van der Waals surface area contributed by atoms with Gasteiger partial charge in [-0.05, 0) is 17.7 Å². The minimum atomic E-state index is -4.59. The fourth-order valence-corrected chi connectivity index (χ4v) is 1.79. The van der Waals surface area contributed by atoms with Crippen molar-refractivity contribution in [1.82, 2.24) is 0 Å². The van der Waals surface area contributed by atoms with Crippen LogP contribution in [0.4, 0.5) is 13.2 Å². The molecule has 0 aromatic heterocycles. The average molecular weight is 312 g/mol. The fraction of sp³-hybridized carbons (Fsp3) is 0.143. The highest BCUT2D eigenvalue weighted by Crippen LogP contribution is 2.38. The maximum absolute atomic E-state index is 12.9. The zero-order valence-electron chi connectivity index (χ0n) is 11.2. The van der Waals surface area contributed by atoms with Crippen LogP contribution in [0, 0.1) is 0 Å². The van der Waals surface area contributed by atoms with Crippen LogP contribution in [-0.4, -0.2) is 17.4 Å². The lowest BCUT2D eigenvalue weighted by Crippen LogP contribution is -2.20. The Morgan fingerprint density at radius 1 is 1.00 bits per heavy atom. The zero-order valence-corrected chi connectivity index (χ0v) is 11.2. The Bertz CT molecular complexity index is 617. The summed E-state index contributed by atoms with van der Waals surface area (Å²) < 4.78 is 48.6. The van der Waals surface area contributed by atoms with Gasteiger partial charge in [0.2, 0.25) is 0 Å². The van der Waals surface area contributed by atoms with Gasteiger partial charge in [0.25, 0.3) is 0 Å². The smallest absolute Gasteiger partial charge is 0.512 e. The van der Waals surface area contributed by atoms with Gasteiger partial charge in [-0.15, -0.1) is 0 Å². The molecule has 0 aliphatic carbocycles. The summed E-state index contributed by atoms with van der Waals surface area (Å²) in [6, 6.07) is 11.4. The van der Waals surface area contributed by atoms with E-state index < -0.39 is 24.8 Å². The molecule has 0 heterocycles. The molecule has 2 N–H and O–H groups in total. The molecule has 0 atom stereocenters. The summed E-state index contributed by atoms with van der Waals surface area (Å²) >= 11 is 0. The molecule has 22 heavy (non-hydrogen) atoms. The highest BCUT2D eigenvalue weighted by molar-refractivity contribution is 6.33. The third-order valence-electron chi connectivity index (χ3n) is 2.74. The Labute approximate surface area is 124 Å². The fourth-order valence-electron chi connectivity index (χ4n) is 1.79. The molecule has 0 aliphatic rings. The quantitative estimate of drug-likeness (QED) is 0.833. The van der Waals surface area contributed by atoms with Gasteiger partial charge in [-0.3, -0.25) is 0 Å². The van der Waals surface area contributed by atoms with Crippen molar-refractivity contribution in [3.05, 3.63) is 59.7 Å². The number of alkyl halides is 3. The SMILES string of the molecule is OB(O)Oc1ccc(C(F)(F)F)c(OCc2ccccc2)c1. The Morgan fingerprint density at radius 2 is 1.68 bits per heavy atom. The summed E-state index contributed by atoms with van der Waals surface area (Å²) in [6.07, 6.45) is -4.59. The molecule has 0 saturated heterocycles. The third kappa shape index (κ3) is 4.41. The Morgan fingerprint density at radius 3 is 2.27 bits per heavy atom. The third-order valence-corrected chi connectivity index (χ3v) is 2.74. The first kappa shape index (κ1) is 16.2. The molecule has 116 valence electrons. The van der Waals surface area contributed by atoms with Crippen LogP contribution < -0.4 is 9.39 Å². The zero-order chi connectivity index (χ0) is 16.2. The second kappa shape index (κ2) is 6.72. The predicted octanol–water partition coefficient (Wildman–Crippen LogP) is 2.63. The molecule has 0 bridgehead atoms. The molecule has 0 amide bonds.